The molecule has 0 amide bonds. The first-order valence-electron chi connectivity index (χ1n) is 6.57. The first kappa shape index (κ1) is 17.4. The number of hydrogen-bond donors (Lipinski definition) is 2. The molecule has 0 aromatic heterocycles. The van der Waals surface area contributed by atoms with E-state index in [4.69, 9.17) is 0 Å². The van der Waals surface area contributed by atoms with Gasteiger partial charge in [0.1, 0.15) is 5.69 Å². The molecule has 0 saturated carbocycles. The highest BCUT2D eigenvalue weighted by atomic mass is 32.2. The molecule has 1 rings (SSSR count). The van der Waals surface area contributed by atoms with Gasteiger partial charge in [-0.15, -0.1) is 0 Å². The quantitative estimate of drug-likeness (QED) is 0.588. The molecular formula is C13H20N2O5S. The second kappa shape index (κ2) is 6.40. The number of rotatable bonds is 7. The van der Waals surface area contributed by atoms with E-state index in [0.29, 0.717) is 12.8 Å². The Bertz CT molecular complexity index is 623. The van der Waals surface area contributed by atoms with Gasteiger partial charge in [0.05, 0.1) is 15.4 Å². The Morgan fingerprint density at radius 3 is 2.33 bits per heavy atom. The molecule has 21 heavy (non-hydrogen) atoms. The maximum absolute atomic E-state index is 11.4. The van der Waals surface area contributed by atoms with Crippen LogP contribution in [0.15, 0.2) is 23.1 Å². The number of nitrogens with one attached hydrogen (secondary N) is 1. The summed E-state index contributed by atoms with van der Waals surface area (Å²) in [5.41, 5.74) is -1.09. The van der Waals surface area contributed by atoms with Crippen LogP contribution < -0.4 is 5.32 Å². The van der Waals surface area contributed by atoms with Gasteiger partial charge >= 0.3 is 0 Å². The van der Waals surface area contributed by atoms with E-state index in [9.17, 15) is 23.6 Å². The predicted molar refractivity (Wildman–Crippen MR) is 80.2 cm³/mol. The Morgan fingerprint density at radius 2 is 1.90 bits per heavy atom. The van der Waals surface area contributed by atoms with E-state index in [1.165, 1.54) is 12.1 Å². The smallest absolute Gasteiger partial charge is 0.293 e. The summed E-state index contributed by atoms with van der Waals surface area (Å²) in [5, 5.41) is 24.1. The van der Waals surface area contributed by atoms with Crippen molar-refractivity contribution in [1.82, 2.24) is 0 Å². The molecule has 0 bridgehead atoms. The third-order valence-electron chi connectivity index (χ3n) is 3.52. The average Bonchev–Trinajstić information content (AvgIpc) is 2.43. The zero-order valence-corrected chi connectivity index (χ0v) is 13.1. The number of benzene rings is 1. The fraction of sp³-hybridized carbons (Fsp3) is 0.538. The van der Waals surface area contributed by atoms with E-state index in [1.807, 2.05) is 13.8 Å². The molecule has 118 valence electrons. The molecule has 0 radical (unpaired) electrons. The van der Waals surface area contributed by atoms with E-state index >= 15 is 0 Å². The van der Waals surface area contributed by atoms with Crippen LogP contribution in [-0.2, 0) is 9.84 Å². The van der Waals surface area contributed by atoms with E-state index in [2.05, 4.69) is 5.32 Å². The Labute approximate surface area is 124 Å². The maximum atomic E-state index is 11.4. The van der Waals surface area contributed by atoms with E-state index < -0.39 is 20.4 Å². The van der Waals surface area contributed by atoms with Gasteiger partial charge in [0.25, 0.3) is 5.69 Å². The van der Waals surface area contributed by atoms with Crippen molar-refractivity contribution in [3.8, 4) is 0 Å². The van der Waals surface area contributed by atoms with Crippen LogP contribution in [0.5, 0.6) is 0 Å². The monoisotopic (exact) mass is 316 g/mol. The Balaban J connectivity index is 3.11. The molecule has 0 atom stereocenters. The number of sulfone groups is 1. The van der Waals surface area contributed by atoms with Crippen LogP contribution in [0.3, 0.4) is 0 Å². The topological polar surface area (TPSA) is 110 Å². The fourth-order valence-electron chi connectivity index (χ4n) is 1.80. The van der Waals surface area contributed by atoms with Crippen molar-refractivity contribution < 1.29 is 18.4 Å². The van der Waals surface area contributed by atoms with Crippen LogP contribution in [0.25, 0.3) is 0 Å². The molecular weight excluding hydrogens is 296 g/mol. The van der Waals surface area contributed by atoms with Crippen LogP contribution in [0, 0.1) is 10.1 Å². The molecule has 8 heteroatoms. The second-order valence-corrected chi connectivity index (χ2v) is 7.01. The minimum absolute atomic E-state index is 0.110. The van der Waals surface area contributed by atoms with Gasteiger partial charge in [-0.1, -0.05) is 13.8 Å². The Kier molecular flexibility index (Phi) is 5.30. The highest BCUT2D eigenvalue weighted by Crippen LogP contribution is 2.28. The van der Waals surface area contributed by atoms with Gasteiger partial charge in [-0.25, -0.2) is 8.42 Å². The van der Waals surface area contributed by atoms with Gasteiger partial charge in [0.2, 0.25) is 0 Å². The van der Waals surface area contributed by atoms with Gasteiger partial charge in [0, 0.05) is 18.9 Å². The van der Waals surface area contributed by atoms with E-state index in [1.54, 1.807) is 0 Å². The first-order valence-corrected chi connectivity index (χ1v) is 8.47. The predicted octanol–water partition coefficient (Wildman–Crippen LogP) is 1.96. The summed E-state index contributed by atoms with van der Waals surface area (Å²) in [6.07, 6.45) is 2.00. The Hall–Kier alpha value is -1.67. The number of anilines is 1. The standard InChI is InChI=1S/C13H20N2O5S/c1-4-13(16,5-2)9-14-11-7-6-10(21(3,19)20)8-12(11)15(17)18/h6-8,14,16H,4-5,9H2,1-3H3. The van der Waals surface area contributed by atoms with Crippen molar-refractivity contribution in [2.24, 2.45) is 0 Å². The average molecular weight is 316 g/mol. The zero-order chi connectivity index (χ0) is 16.3. The highest BCUT2D eigenvalue weighted by Gasteiger charge is 2.24. The number of nitro groups is 1. The normalized spacial score (nSPS) is 12.2. The van der Waals surface area contributed by atoms with Crippen molar-refractivity contribution in [1.29, 1.82) is 0 Å². The number of nitrogens with zero attached hydrogens (tertiary/aromatic N) is 1. The summed E-state index contributed by atoms with van der Waals surface area (Å²) < 4.78 is 22.9. The van der Waals surface area contributed by atoms with Crippen LogP contribution in [0.1, 0.15) is 26.7 Å². The molecule has 0 fully saturated rings. The molecule has 7 nitrogen and oxygen atoms in total. The van der Waals surface area contributed by atoms with Crippen LogP contribution in [0.2, 0.25) is 0 Å². The van der Waals surface area contributed by atoms with E-state index in [0.717, 1.165) is 12.3 Å². The lowest BCUT2D eigenvalue weighted by Crippen LogP contribution is -2.35. The van der Waals surface area contributed by atoms with Crippen LogP contribution in [0.4, 0.5) is 11.4 Å². The second-order valence-electron chi connectivity index (χ2n) is 4.99. The number of hydrogen-bond acceptors (Lipinski definition) is 6. The van der Waals surface area contributed by atoms with Crippen molar-refractivity contribution in [2.75, 3.05) is 18.1 Å². The van der Waals surface area contributed by atoms with Crippen molar-refractivity contribution >= 4 is 21.2 Å². The lowest BCUT2D eigenvalue weighted by atomic mass is 9.97. The zero-order valence-electron chi connectivity index (χ0n) is 12.3. The molecule has 0 aliphatic heterocycles. The highest BCUT2D eigenvalue weighted by molar-refractivity contribution is 7.90. The van der Waals surface area contributed by atoms with Crippen LogP contribution in [-0.4, -0.2) is 36.8 Å². The summed E-state index contributed by atoms with van der Waals surface area (Å²) in [5.74, 6) is 0. The molecule has 1 aromatic rings. The molecule has 0 unspecified atom stereocenters. The number of nitro benzene ring substituents is 1. The fourth-order valence-corrected chi connectivity index (χ4v) is 2.44. The third-order valence-corrected chi connectivity index (χ3v) is 4.63. The summed E-state index contributed by atoms with van der Waals surface area (Å²) in [7, 11) is -3.51. The van der Waals surface area contributed by atoms with Gasteiger partial charge in [-0.05, 0) is 25.0 Å². The maximum Gasteiger partial charge on any atom is 0.293 e. The van der Waals surface area contributed by atoms with Gasteiger partial charge in [0.15, 0.2) is 9.84 Å². The van der Waals surface area contributed by atoms with Crippen LogP contribution >= 0.6 is 0 Å². The summed E-state index contributed by atoms with van der Waals surface area (Å²) in [6.45, 7) is 3.80. The molecule has 0 aliphatic rings. The van der Waals surface area contributed by atoms with Crippen molar-refractivity contribution in [2.45, 2.75) is 37.2 Å². The largest absolute Gasteiger partial charge is 0.388 e. The van der Waals surface area contributed by atoms with Crippen molar-refractivity contribution in [3.63, 3.8) is 0 Å². The van der Waals surface area contributed by atoms with E-state index in [-0.39, 0.29) is 22.8 Å². The molecule has 1 aromatic carbocycles. The first-order chi connectivity index (χ1) is 9.63. The third kappa shape index (κ3) is 4.40. The van der Waals surface area contributed by atoms with Gasteiger partial charge in [-0.3, -0.25) is 10.1 Å². The minimum atomic E-state index is -3.51. The molecule has 2 N–H and O–H groups in total. The van der Waals surface area contributed by atoms with Gasteiger partial charge < -0.3 is 10.4 Å². The molecule has 0 saturated heterocycles. The SMILES string of the molecule is CCC(O)(CC)CNc1ccc(S(C)(=O)=O)cc1[N+](=O)[O-]. The van der Waals surface area contributed by atoms with Gasteiger partial charge in [-0.2, -0.15) is 0 Å². The summed E-state index contributed by atoms with van der Waals surface area (Å²) in [4.78, 5) is 10.3. The summed E-state index contributed by atoms with van der Waals surface area (Å²) in [6, 6.07) is 3.68. The molecule has 0 aliphatic carbocycles. The number of aliphatic hydroxyl groups is 1. The lowest BCUT2D eigenvalue weighted by Gasteiger charge is -2.25. The molecule has 0 spiro atoms. The summed E-state index contributed by atoms with van der Waals surface area (Å²) >= 11 is 0. The minimum Gasteiger partial charge on any atom is -0.388 e. The molecule has 0 heterocycles. The van der Waals surface area contributed by atoms with Crippen molar-refractivity contribution in [3.05, 3.63) is 28.3 Å². The lowest BCUT2D eigenvalue weighted by molar-refractivity contribution is -0.384. The Morgan fingerprint density at radius 1 is 1.33 bits per heavy atom.